The highest BCUT2D eigenvalue weighted by atomic mass is 16.7. The number of fused-ring (bicyclic) bond motifs is 6. The predicted octanol–water partition coefficient (Wildman–Crippen LogP) is 3.24. The molecular formula is C32H27BO10. The molecular weight excluding hydrogens is 555 g/mol. The van der Waals surface area contributed by atoms with E-state index >= 15 is 0 Å². The van der Waals surface area contributed by atoms with Crippen molar-refractivity contribution in [3.05, 3.63) is 88.0 Å². The average molecular weight is 582 g/mol. The summed E-state index contributed by atoms with van der Waals surface area (Å²) in [7, 11) is -0.843. The zero-order chi connectivity index (χ0) is 30.0. The minimum absolute atomic E-state index is 0.0762. The van der Waals surface area contributed by atoms with Gasteiger partial charge in [-0.3, -0.25) is 19.2 Å². The molecule has 0 saturated carbocycles. The van der Waals surface area contributed by atoms with Crippen molar-refractivity contribution >= 4 is 36.1 Å². The Morgan fingerprint density at radius 1 is 0.884 bits per heavy atom. The molecule has 4 atom stereocenters. The van der Waals surface area contributed by atoms with Gasteiger partial charge in [0.15, 0.2) is 17.9 Å². The standard InChI is InChI=1S/C32H27BO10/c1-16(34)39-30-22-13-32(24-15-38-18(3)41-24)14-23(42-33(43-32)19-9-5-4-6-10-19)25(22)31(40-17(2)35)27-26(30)28(36)20-11-7-8-12-21(20)29(27)37/h4-12,18,23-24H,13-15H2,1-3H3/t18-,23-,24-,32?/m1/s1. The topological polar surface area (TPSA) is 124 Å². The molecule has 11 heteroatoms. The van der Waals surface area contributed by atoms with Gasteiger partial charge in [-0.05, 0) is 12.4 Å². The van der Waals surface area contributed by atoms with Crippen molar-refractivity contribution in [3.8, 4) is 11.5 Å². The summed E-state index contributed by atoms with van der Waals surface area (Å²) < 4.78 is 36.8. The summed E-state index contributed by atoms with van der Waals surface area (Å²) in [5, 5.41) is 0. The molecule has 3 aromatic carbocycles. The molecule has 2 saturated heterocycles. The van der Waals surface area contributed by atoms with Gasteiger partial charge in [0, 0.05) is 48.9 Å². The molecule has 2 aliphatic heterocycles. The Morgan fingerprint density at radius 3 is 2.09 bits per heavy atom. The molecule has 10 nitrogen and oxygen atoms in total. The number of esters is 2. The smallest absolute Gasteiger partial charge is 0.426 e. The second kappa shape index (κ2) is 10.2. The third kappa shape index (κ3) is 4.42. The molecule has 2 fully saturated rings. The third-order valence-electron chi connectivity index (χ3n) is 8.37. The molecule has 0 spiro atoms. The van der Waals surface area contributed by atoms with E-state index in [0.717, 1.165) is 5.46 Å². The fourth-order valence-electron chi connectivity index (χ4n) is 6.65. The van der Waals surface area contributed by atoms with Gasteiger partial charge in [-0.15, -0.1) is 0 Å². The van der Waals surface area contributed by atoms with Gasteiger partial charge in [-0.1, -0.05) is 54.6 Å². The van der Waals surface area contributed by atoms with Crippen molar-refractivity contribution < 1.29 is 47.4 Å². The molecule has 0 amide bonds. The van der Waals surface area contributed by atoms with E-state index in [9.17, 15) is 19.2 Å². The summed E-state index contributed by atoms with van der Waals surface area (Å²) in [6.45, 7) is 4.47. The largest absolute Gasteiger partial charge is 0.494 e. The summed E-state index contributed by atoms with van der Waals surface area (Å²) >= 11 is 0. The van der Waals surface area contributed by atoms with Gasteiger partial charge >= 0.3 is 19.1 Å². The van der Waals surface area contributed by atoms with E-state index in [1.54, 1.807) is 31.2 Å². The Kier molecular flexibility index (Phi) is 6.59. The van der Waals surface area contributed by atoms with Crippen LogP contribution in [0, 0.1) is 0 Å². The van der Waals surface area contributed by atoms with Crippen LogP contribution in [0.15, 0.2) is 54.6 Å². The highest BCUT2D eigenvalue weighted by Crippen LogP contribution is 2.56. The summed E-state index contributed by atoms with van der Waals surface area (Å²) in [6, 6.07) is 15.7. The zero-order valence-electron chi connectivity index (χ0n) is 23.7. The van der Waals surface area contributed by atoms with Crippen LogP contribution in [0.2, 0.25) is 0 Å². The lowest BCUT2D eigenvalue weighted by molar-refractivity contribution is -0.147. The Morgan fingerprint density at radius 2 is 1.49 bits per heavy atom. The van der Waals surface area contributed by atoms with Gasteiger partial charge in [0.2, 0.25) is 0 Å². The number of ketones is 2. The van der Waals surface area contributed by atoms with Gasteiger partial charge < -0.3 is 28.3 Å². The first kappa shape index (κ1) is 27.7. The van der Waals surface area contributed by atoms with Crippen LogP contribution in [0.25, 0.3) is 0 Å². The van der Waals surface area contributed by atoms with Crippen molar-refractivity contribution in [2.45, 2.75) is 57.7 Å². The maximum Gasteiger partial charge on any atom is 0.494 e. The summed E-state index contributed by atoms with van der Waals surface area (Å²) in [6.07, 6.45) is -1.46. The fourth-order valence-corrected chi connectivity index (χ4v) is 6.65. The highest BCUT2D eigenvalue weighted by molar-refractivity contribution is 6.61. The van der Waals surface area contributed by atoms with Gasteiger partial charge in [-0.25, -0.2) is 0 Å². The van der Waals surface area contributed by atoms with Gasteiger partial charge in [0.25, 0.3) is 0 Å². The Balaban J connectivity index is 1.51. The lowest BCUT2D eigenvalue weighted by Crippen LogP contribution is -2.61. The molecule has 0 N–H and O–H groups in total. The van der Waals surface area contributed by atoms with Gasteiger partial charge in [-0.2, -0.15) is 0 Å². The number of hydrogen-bond donors (Lipinski definition) is 0. The van der Waals surface area contributed by atoms with Crippen LogP contribution < -0.4 is 14.9 Å². The summed E-state index contributed by atoms with van der Waals surface area (Å²) in [5.74, 6) is -2.58. The van der Waals surface area contributed by atoms with Crippen molar-refractivity contribution in [1.29, 1.82) is 0 Å². The second-order valence-electron chi connectivity index (χ2n) is 11.1. The third-order valence-corrected chi connectivity index (χ3v) is 8.37. The highest BCUT2D eigenvalue weighted by Gasteiger charge is 2.58. The van der Waals surface area contributed by atoms with E-state index in [4.69, 9.17) is 28.3 Å². The van der Waals surface area contributed by atoms with E-state index in [0.29, 0.717) is 11.1 Å². The van der Waals surface area contributed by atoms with Crippen molar-refractivity contribution in [2.75, 3.05) is 6.61 Å². The summed E-state index contributed by atoms with van der Waals surface area (Å²) in [4.78, 5) is 53.2. The van der Waals surface area contributed by atoms with E-state index in [1.165, 1.54) is 13.8 Å². The van der Waals surface area contributed by atoms with Crippen LogP contribution in [0.5, 0.6) is 11.5 Å². The molecule has 7 rings (SSSR count). The maximum atomic E-state index is 14.1. The van der Waals surface area contributed by atoms with E-state index in [-0.39, 0.29) is 53.2 Å². The average Bonchev–Trinajstić information content (AvgIpc) is 3.43. The van der Waals surface area contributed by atoms with Crippen molar-refractivity contribution in [1.82, 2.24) is 0 Å². The van der Waals surface area contributed by atoms with Crippen LogP contribution in [-0.4, -0.2) is 55.2 Å². The van der Waals surface area contributed by atoms with Crippen molar-refractivity contribution in [2.24, 2.45) is 0 Å². The van der Waals surface area contributed by atoms with Gasteiger partial charge in [0.05, 0.1) is 29.4 Å². The molecule has 2 heterocycles. The Bertz CT molecular complexity index is 1700. The van der Waals surface area contributed by atoms with Crippen LogP contribution in [0.4, 0.5) is 0 Å². The number of benzene rings is 3. The molecule has 0 aromatic heterocycles. The van der Waals surface area contributed by atoms with Crippen LogP contribution >= 0.6 is 0 Å². The molecule has 2 bridgehead atoms. The normalized spacial score (nSPS) is 25.5. The molecule has 4 aliphatic rings. The minimum Gasteiger partial charge on any atom is -0.426 e. The van der Waals surface area contributed by atoms with Crippen LogP contribution in [-0.2, 0) is 34.8 Å². The monoisotopic (exact) mass is 582 g/mol. The first-order valence-electron chi connectivity index (χ1n) is 14.1. The predicted molar refractivity (Wildman–Crippen MR) is 150 cm³/mol. The quantitative estimate of drug-likeness (QED) is 0.201. The van der Waals surface area contributed by atoms with Crippen molar-refractivity contribution in [3.63, 3.8) is 0 Å². The molecule has 1 unspecified atom stereocenters. The fraction of sp³-hybridized carbons (Fsp3) is 0.312. The number of rotatable bonds is 4. The minimum atomic E-state index is -1.04. The summed E-state index contributed by atoms with van der Waals surface area (Å²) in [5.41, 5.74) is 0.479. The molecule has 218 valence electrons. The van der Waals surface area contributed by atoms with E-state index < -0.39 is 54.7 Å². The first-order valence-corrected chi connectivity index (χ1v) is 14.1. The molecule has 2 aliphatic carbocycles. The number of hydrogen-bond acceptors (Lipinski definition) is 10. The Labute approximate surface area is 247 Å². The molecule has 43 heavy (non-hydrogen) atoms. The second-order valence-corrected chi connectivity index (χ2v) is 11.1. The molecule has 3 aromatic rings. The molecule has 0 radical (unpaired) electrons. The SMILES string of the molecule is CC(=O)Oc1c2c(c(OC(C)=O)c3c1C(=O)c1ccccc1C3=O)[C@H]1CC([C@H]3CO[C@@H](C)O3)(C2)OB(c2ccccc2)O1. The number of ether oxygens (including phenoxy) is 4. The van der Waals surface area contributed by atoms with Crippen LogP contribution in [0.1, 0.15) is 76.3 Å². The lowest BCUT2D eigenvalue weighted by atomic mass is 9.66. The van der Waals surface area contributed by atoms with E-state index in [2.05, 4.69) is 0 Å². The first-order chi connectivity index (χ1) is 20.7. The van der Waals surface area contributed by atoms with Crippen LogP contribution in [0.3, 0.4) is 0 Å². The number of carbonyl (C=O) groups is 4. The van der Waals surface area contributed by atoms with E-state index in [1.807, 2.05) is 30.3 Å². The lowest BCUT2D eigenvalue weighted by Gasteiger charge is -2.51. The zero-order valence-corrected chi connectivity index (χ0v) is 23.7. The number of carbonyl (C=O) groups excluding carboxylic acids is 4. The maximum absolute atomic E-state index is 14.1. The van der Waals surface area contributed by atoms with Gasteiger partial charge in [0.1, 0.15) is 17.6 Å². The Hall–Kier alpha value is -4.16.